The van der Waals surface area contributed by atoms with E-state index in [4.69, 9.17) is 27.9 Å². The van der Waals surface area contributed by atoms with Gasteiger partial charge in [0.1, 0.15) is 0 Å². The van der Waals surface area contributed by atoms with Crippen LogP contribution in [0.25, 0.3) is 0 Å². The van der Waals surface area contributed by atoms with Crippen LogP contribution in [0.4, 0.5) is 4.79 Å². The first kappa shape index (κ1) is 16.4. The molecule has 1 saturated heterocycles. The molecular formula is C14H18Cl2N2O3. The van der Waals surface area contributed by atoms with Gasteiger partial charge < -0.3 is 20.1 Å². The van der Waals surface area contributed by atoms with Crippen molar-refractivity contribution in [2.75, 3.05) is 19.8 Å². The van der Waals surface area contributed by atoms with Gasteiger partial charge in [0, 0.05) is 13.1 Å². The van der Waals surface area contributed by atoms with Crippen LogP contribution in [0.3, 0.4) is 0 Å². The molecule has 0 saturated carbocycles. The number of aliphatic hydroxyl groups excluding tert-OH is 1. The van der Waals surface area contributed by atoms with E-state index in [1.165, 1.54) is 0 Å². The highest BCUT2D eigenvalue weighted by Gasteiger charge is 2.33. The van der Waals surface area contributed by atoms with Crippen molar-refractivity contribution in [1.82, 2.24) is 10.2 Å². The third kappa shape index (κ3) is 4.01. The van der Waals surface area contributed by atoms with Gasteiger partial charge in [0.05, 0.1) is 35.4 Å². The molecule has 5 nitrogen and oxygen atoms in total. The lowest BCUT2D eigenvalue weighted by molar-refractivity contribution is 0.0962. The quantitative estimate of drug-likeness (QED) is 0.889. The topological polar surface area (TPSA) is 61.8 Å². The van der Waals surface area contributed by atoms with Gasteiger partial charge in [0.15, 0.2) is 0 Å². The number of amides is 2. The number of hydrogen-bond acceptors (Lipinski definition) is 3. The molecule has 2 amide bonds. The Balaban J connectivity index is 1.94. The van der Waals surface area contributed by atoms with Gasteiger partial charge in [-0.25, -0.2) is 4.79 Å². The summed E-state index contributed by atoms with van der Waals surface area (Å²) in [6.45, 7) is 3.33. The Bertz CT molecular complexity index is 513. The first-order valence-electron chi connectivity index (χ1n) is 6.77. The fourth-order valence-corrected chi connectivity index (χ4v) is 2.61. The average Bonchev–Trinajstić information content (AvgIpc) is 2.87. The molecule has 1 aromatic carbocycles. The summed E-state index contributed by atoms with van der Waals surface area (Å²) in [5.74, 6) is 0. The summed E-state index contributed by atoms with van der Waals surface area (Å²) in [4.78, 5) is 13.8. The molecule has 0 aromatic heterocycles. The lowest BCUT2D eigenvalue weighted by Gasteiger charge is -2.28. The summed E-state index contributed by atoms with van der Waals surface area (Å²) >= 11 is 11.8. The SMILES string of the molecule is CCN(C(=O)NCc1ccc(Cl)c(Cl)c1)C1COCC1O. The molecule has 1 aliphatic rings. The van der Waals surface area contributed by atoms with Gasteiger partial charge in [0.2, 0.25) is 0 Å². The summed E-state index contributed by atoms with van der Waals surface area (Å²) < 4.78 is 5.19. The van der Waals surface area contributed by atoms with Gasteiger partial charge in [-0.15, -0.1) is 0 Å². The Morgan fingerprint density at radius 1 is 1.43 bits per heavy atom. The van der Waals surface area contributed by atoms with E-state index in [9.17, 15) is 9.90 Å². The second-order valence-electron chi connectivity index (χ2n) is 4.87. The van der Waals surface area contributed by atoms with E-state index >= 15 is 0 Å². The van der Waals surface area contributed by atoms with E-state index in [2.05, 4.69) is 5.32 Å². The van der Waals surface area contributed by atoms with E-state index in [-0.39, 0.29) is 18.7 Å². The molecule has 0 bridgehead atoms. The molecule has 2 rings (SSSR count). The predicted molar refractivity (Wildman–Crippen MR) is 81.7 cm³/mol. The second-order valence-corrected chi connectivity index (χ2v) is 5.68. The zero-order valence-corrected chi connectivity index (χ0v) is 13.2. The van der Waals surface area contributed by atoms with Crippen molar-refractivity contribution in [3.63, 3.8) is 0 Å². The number of hydrogen-bond donors (Lipinski definition) is 2. The maximum atomic E-state index is 12.2. The molecule has 7 heteroatoms. The minimum absolute atomic E-state index is 0.238. The van der Waals surface area contributed by atoms with Crippen molar-refractivity contribution in [2.24, 2.45) is 0 Å². The van der Waals surface area contributed by atoms with Gasteiger partial charge in [-0.3, -0.25) is 0 Å². The summed E-state index contributed by atoms with van der Waals surface area (Å²) in [7, 11) is 0. The van der Waals surface area contributed by atoms with Crippen LogP contribution in [-0.4, -0.2) is 47.9 Å². The molecule has 0 radical (unpaired) electrons. The Kier molecular flexibility index (Phi) is 5.70. The predicted octanol–water partition coefficient (Wildman–Crippen LogP) is 2.28. The van der Waals surface area contributed by atoms with Gasteiger partial charge >= 0.3 is 6.03 Å². The molecule has 0 spiro atoms. The number of nitrogens with one attached hydrogen (secondary N) is 1. The number of benzene rings is 1. The number of carbonyl (C=O) groups is 1. The minimum atomic E-state index is -0.638. The summed E-state index contributed by atoms with van der Waals surface area (Å²) in [6.07, 6.45) is -0.638. The van der Waals surface area contributed by atoms with Gasteiger partial charge in [-0.2, -0.15) is 0 Å². The van der Waals surface area contributed by atoms with E-state index in [0.717, 1.165) is 5.56 Å². The number of ether oxygens (including phenoxy) is 1. The normalized spacial score (nSPS) is 21.3. The molecule has 2 atom stereocenters. The van der Waals surface area contributed by atoms with E-state index in [0.29, 0.717) is 29.7 Å². The monoisotopic (exact) mass is 332 g/mol. The second kappa shape index (κ2) is 7.31. The fourth-order valence-electron chi connectivity index (χ4n) is 2.29. The zero-order chi connectivity index (χ0) is 15.4. The maximum absolute atomic E-state index is 12.2. The first-order valence-corrected chi connectivity index (χ1v) is 7.52. The van der Waals surface area contributed by atoms with Crippen LogP contribution in [-0.2, 0) is 11.3 Å². The van der Waals surface area contributed by atoms with Crippen molar-refractivity contribution < 1.29 is 14.6 Å². The van der Waals surface area contributed by atoms with E-state index in [1.54, 1.807) is 23.1 Å². The van der Waals surface area contributed by atoms with Crippen LogP contribution in [0.5, 0.6) is 0 Å². The lowest BCUT2D eigenvalue weighted by atomic mass is 10.2. The zero-order valence-electron chi connectivity index (χ0n) is 11.7. The highest BCUT2D eigenvalue weighted by atomic mass is 35.5. The van der Waals surface area contributed by atoms with Crippen molar-refractivity contribution in [2.45, 2.75) is 25.6 Å². The number of urea groups is 1. The molecule has 21 heavy (non-hydrogen) atoms. The Hall–Kier alpha value is -1.01. The Labute approximate surface area is 133 Å². The Morgan fingerprint density at radius 3 is 2.76 bits per heavy atom. The highest BCUT2D eigenvalue weighted by molar-refractivity contribution is 6.42. The summed E-state index contributed by atoms with van der Waals surface area (Å²) in [5.41, 5.74) is 0.858. The van der Waals surface area contributed by atoms with Crippen LogP contribution in [0, 0.1) is 0 Å². The third-order valence-electron chi connectivity index (χ3n) is 3.45. The number of aliphatic hydroxyl groups is 1. The molecule has 2 N–H and O–H groups in total. The third-order valence-corrected chi connectivity index (χ3v) is 4.19. The minimum Gasteiger partial charge on any atom is -0.388 e. The molecular weight excluding hydrogens is 315 g/mol. The summed E-state index contributed by atoms with van der Waals surface area (Å²) in [5, 5.41) is 13.6. The molecule has 1 aliphatic heterocycles. The van der Waals surface area contributed by atoms with Gasteiger partial charge in [-0.1, -0.05) is 29.3 Å². The molecule has 1 aromatic rings. The molecule has 2 unspecified atom stereocenters. The maximum Gasteiger partial charge on any atom is 0.318 e. The van der Waals surface area contributed by atoms with Crippen LogP contribution >= 0.6 is 23.2 Å². The van der Waals surface area contributed by atoms with Crippen LogP contribution < -0.4 is 5.32 Å². The smallest absolute Gasteiger partial charge is 0.318 e. The van der Waals surface area contributed by atoms with Crippen LogP contribution in [0.2, 0.25) is 10.0 Å². The fraction of sp³-hybridized carbons (Fsp3) is 0.500. The molecule has 1 fully saturated rings. The molecule has 1 heterocycles. The first-order chi connectivity index (χ1) is 10.0. The van der Waals surface area contributed by atoms with Gasteiger partial charge in [-0.05, 0) is 24.6 Å². The standard InChI is InChI=1S/C14H18Cl2N2O3/c1-2-18(12-7-21-8-13(12)19)14(20)17-6-9-3-4-10(15)11(16)5-9/h3-5,12-13,19H,2,6-8H2,1H3,(H,17,20). The highest BCUT2D eigenvalue weighted by Crippen LogP contribution is 2.22. The number of nitrogens with zero attached hydrogens (tertiary/aromatic N) is 1. The van der Waals surface area contributed by atoms with Gasteiger partial charge in [0.25, 0.3) is 0 Å². The van der Waals surface area contributed by atoms with E-state index in [1.807, 2.05) is 6.92 Å². The largest absolute Gasteiger partial charge is 0.388 e. The van der Waals surface area contributed by atoms with Crippen molar-refractivity contribution in [1.29, 1.82) is 0 Å². The van der Waals surface area contributed by atoms with E-state index < -0.39 is 6.10 Å². The van der Waals surface area contributed by atoms with Crippen molar-refractivity contribution in [3.05, 3.63) is 33.8 Å². The number of likely N-dealkylation sites (N-methyl/N-ethyl adjacent to an activating group) is 1. The molecule has 116 valence electrons. The van der Waals surface area contributed by atoms with Crippen LogP contribution in [0.15, 0.2) is 18.2 Å². The Morgan fingerprint density at radius 2 is 2.19 bits per heavy atom. The number of carbonyl (C=O) groups excluding carboxylic acids is 1. The lowest BCUT2D eigenvalue weighted by Crippen LogP contribution is -2.50. The average molecular weight is 333 g/mol. The van der Waals surface area contributed by atoms with Crippen LogP contribution in [0.1, 0.15) is 12.5 Å². The van der Waals surface area contributed by atoms with Crippen molar-refractivity contribution >= 4 is 29.2 Å². The number of halogens is 2. The number of rotatable bonds is 4. The van der Waals surface area contributed by atoms with Crippen molar-refractivity contribution in [3.8, 4) is 0 Å². The summed E-state index contributed by atoms with van der Waals surface area (Å²) in [6, 6.07) is 4.67. The molecule has 0 aliphatic carbocycles.